The molecule has 0 saturated heterocycles. The van der Waals surface area contributed by atoms with E-state index in [4.69, 9.17) is 0 Å². The van der Waals surface area contributed by atoms with Gasteiger partial charge in [-0.1, -0.05) is 0 Å². The highest BCUT2D eigenvalue weighted by molar-refractivity contribution is 5.74. The molecule has 2 heterocycles. The van der Waals surface area contributed by atoms with Crippen molar-refractivity contribution in [1.29, 1.82) is 0 Å². The lowest BCUT2D eigenvalue weighted by Crippen LogP contribution is -2.07. The molecule has 2 aromatic heterocycles. The number of hydrogen-bond acceptors (Lipinski definition) is 4. The van der Waals surface area contributed by atoms with E-state index >= 15 is 0 Å². The summed E-state index contributed by atoms with van der Waals surface area (Å²) in [5.74, 6) is 1.25. The van der Waals surface area contributed by atoms with Gasteiger partial charge >= 0.3 is 0 Å². The molecule has 0 aliphatic heterocycles. The zero-order valence-electron chi connectivity index (χ0n) is 11.7. The Hall–Kier alpha value is -2.50. The number of halogens is 1. The van der Waals surface area contributed by atoms with Crippen LogP contribution in [0.3, 0.4) is 0 Å². The quantitative estimate of drug-likeness (QED) is 0.707. The fraction of sp³-hybridized carbons (Fsp3) is 0.267. The van der Waals surface area contributed by atoms with Crippen LogP contribution in [0.1, 0.15) is 17.9 Å². The molecule has 3 aromatic rings. The summed E-state index contributed by atoms with van der Waals surface area (Å²) in [6.45, 7) is 2.69. The molecule has 0 saturated carbocycles. The van der Waals surface area contributed by atoms with Gasteiger partial charge in [-0.25, -0.2) is 19.3 Å². The van der Waals surface area contributed by atoms with Crippen LogP contribution in [0, 0.1) is 12.7 Å². The number of aromatic amines is 1. The lowest BCUT2D eigenvalue weighted by Gasteiger charge is -2.03. The maximum absolute atomic E-state index is 13.1. The second-order valence-corrected chi connectivity index (χ2v) is 4.90. The Balaban J connectivity index is 1.54. The van der Waals surface area contributed by atoms with E-state index in [-0.39, 0.29) is 5.82 Å². The number of aryl methyl sites for hydroxylation is 2. The smallest absolute Gasteiger partial charge is 0.222 e. The van der Waals surface area contributed by atoms with Gasteiger partial charge in [0.05, 0.1) is 11.0 Å². The monoisotopic (exact) mass is 285 g/mol. The van der Waals surface area contributed by atoms with Crippen molar-refractivity contribution < 1.29 is 4.39 Å². The Bertz CT molecular complexity index is 753. The van der Waals surface area contributed by atoms with Gasteiger partial charge in [-0.15, -0.1) is 0 Å². The van der Waals surface area contributed by atoms with Gasteiger partial charge in [0.15, 0.2) is 0 Å². The van der Waals surface area contributed by atoms with Crippen LogP contribution in [-0.2, 0) is 6.42 Å². The predicted octanol–water partition coefficient (Wildman–Crippen LogP) is 2.85. The summed E-state index contributed by atoms with van der Waals surface area (Å²) < 4.78 is 13.1. The number of rotatable bonds is 5. The van der Waals surface area contributed by atoms with Gasteiger partial charge in [-0.05, 0) is 37.6 Å². The minimum atomic E-state index is -0.254. The number of imidazole rings is 1. The summed E-state index contributed by atoms with van der Waals surface area (Å²) in [6, 6.07) is 6.43. The van der Waals surface area contributed by atoms with Crippen LogP contribution in [0.2, 0.25) is 0 Å². The number of anilines is 1. The van der Waals surface area contributed by atoms with E-state index in [0.717, 1.165) is 41.9 Å². The molecule has 0 fully saturated rings. The SMILES string of the molecule is Cc1ccnc(NCCCc2nc3ccc(F)cc3[nH]2)n1. The molecular weight excluding hydrogens is 269 g/mol. The summed E-state index contributed by atoms with van der Waals surface area (Å²) in [7, 11) is 0. The third-order valence-electron chi connectivity index (χ3n) is 3.16. The molecule has 0 amide bonds. The highest BCUT2D eigenvalue weighted by atomic mass is 19.1. The molecule has 2 N–H and O–H groups in total. The molecule has 0 aliphatic rings. The maximum atomic E-state index is 13.1. The van der Waals surface area contributed by atoms with E-state index in [9.17, 15) is 4.39 Å². The zero-order valence-corrected chi connectivity index (χ0v) is 11.7. The van der Waals surface area contributed by atoms with Gasteiger partial charge in [0.1, 0.15) is 11.6 Å². The van der Waals surface area contributed by atoms with Crippen molar-refractivity contribution in [3.8, 4) is 0 Å². The zero-order chi connectivity index (χ0) is 14.7. The summed E-state index contributed by atoms with van der Waals surface area (Å²) in [4.78, 5) is 16.0. The summed E-state index contributed by atoms with van der Waals surface area (Å²) >= 11 is 0. The van der Waals surface area contributed by atoms with Crippen LogP contribution in [0.4, 0.5) is 10.3 Å². The normalized spacial score (nSPS) is 11.0. The highest BCUT2D eigenvalue weighted by Gasteiger charge is 2.04. The van der Waals surface area contributed by atoms with Crippen molar-refractivity contribution in [3.63, 3.8) is 0 Å². The molecule has 21 heavy (non-hydrogen) atoms. The molecule has 1 aromatic carbocycles. The number of hydrogen-bond donors (Lipinski definition) is 2. The lowest BCUT2D eigenvalue weighted by atomic mass is 10.3. The first kappa shape index (κ1) is 13.5. The van der Waals surface area contributed by atoms with Crippen molar-refractivity contribution in [2.24, 2.45) is 0 Å². The van der Waals surface area contributed by atoms with Crippen molar-refractivity contribution >= 4 is 17.0 Å². The van der Waals surface area contributed by atoms with E-state index in [1.165, 1.54) is 12.1 Å². The molecular formula is C15H16FN5. The standard InChI is InChI=1S/C15H16FN5/c1-10-6-8-18-15(19-10)17-7-2-3-14-20-12-5-4-11(16)9-13(12)21-14/h4-6,8-9H,2-3,7H2,1H3,(H,20,21)(H,17,18,19). The Morgan fingerprint density at radius 3 is 3.00 bits per heavy atom. The molecule has 0 atom stereocenters. The Morgan fingerprint density at radius 2 is 2.14 bits per heavy atom. The first-order valence-electron chi connectivity index (χ1n) is 6.88. The van der Waals surface area contributed by atoms with E-state index < -0.39 is 0 Å². The molecule has 0 unspecified atom stereocenters. The van der Waals surface area contributed by atoms with Gasteiger partial charge in [0.2, 0.25) is 5.95 Å². The maximum Gasteiger partial charge on any atom is 0.222 e. The van der Waals surface area contributed by atoms with Crippen LogP contribution < -0.4 is 5.32 Å². The van der Waals surface area contributed by atoms with Crippen LogP contribution in [0.5, 0.6) is 0 Å². The van der Waals surface area contributed by atoms with Crippen LogP contribution in [-0.4, -0.2) is 26.5 Å². The predicted molar refractivity (Wildman–Crippen MR) is 79.6 cm³/mol. The number of aromatic nitrogens is 4. The van der Waals surface area contributed by atoms with Crippen LogP contribution >= 0.6 is 0 Å². The lowest BCUT2D eigenvalue weighted by molar-refractivity contribution is 0.629. The molecule has 5 nitrogen and oxygen atoms in total. The number of nitrogens with zero attached hydrogens (tertiary/aromatic N) is 3. The number of benzene rings is 1. The van der Waals surface area contributed by atoms with Crippen LogP contribution in [0.25, 0.3) is 11.0 Å². The topological polar surface area (TPSA) is 66.5 Å². The Morgan fingerprint density at radius 1 is 1.24 bits per heavy atom. The summed E-state index contributed by atoms with van der Waals surface area (Å²) in [5, 5.41) is 3.17. The average molecular weight is 285 g/mol. The molecule has 6 heteroatoms. The van der Waals surface area contributed by atoms with E-state index in [0.29, 0.717) is 5.95 Å². The molecule has 0 spiro atoms. The second-order valence-electron chi connectivity index (χ2n) is 4.90. The minimum Gasteiger partial charge on any atom is -0.354 e. The van der Waals surface area contributed by atoms with E-state index in [1.54, 1.807) is 12.3 Å². The van der Waals surface area contributed by atoms with Crippen molar-refractivity contribution in [1.82, 2.24) is 19.9 Å². The molecule has 0 bridgehead atoms. The Kier molecular flexibility index (Phi) is 3.77. The number of nitrogens with one attached hydrogen (secondary N) is 2. The third-order valence-corrected chi connectivity index (χ3v) is 3.16. The van der Waals surface area contributed by atoms with Crippen LogP contribution in [0.15, 0.2) is 30.5 Å². The van der Waals surface area contributed by atoms with Gasteiger partial charge in [-0.2, -0.15) is 0 Å². The third kappa shape index (κ3) is 3.34. The van der Waals surface area contributed by atoms with E-state index in [2.05, 4.69) is 25.3 Å². The summed E-state index contributed by atoms with van der Waals surface area (Å²) in [6.07, 6.45) is 3.41. The van der Waals surface area contributed by atoms with Gasteiger partial charge < -0.3 is 10.3 Å². The summed E-state index contributed by atoms with van der Waals surface area (Å²) in [5.41, 5.74) is 2.47. The fourth-order valence-corrected chi connectivity index (χ4v) is 2.14. The second kappa shape index (κ2) is 5.87. The fourth-order valence-electron chi connectivity index (χ4n) is 2.14. The first-order chi connectivity index (χ1) is 10.2. The van der Waals surface area contributed by atoms with Crippen molar-refractivity contribution in [2.45, 2.75) is 19.8 Å². The molecule has 0 aliphatic carbocycles. The van der Waals surface area contributed by atoms with Gasteiger partial charge in [0, 0.05) is 24.9 Å². The highest BCUT2D eigenvalue weighted by Crippen LogP contribution is 2.13. The molecule has 0 radical (unpaired) electrons. The largest absolute Gasteiger partial charge is 0.354 e. The van der Waals surface area contributed by atoms with Crippen molar-refractivity contribution in [2.75, 3.05) is 11.9 Å². The van der Waals surface area contributed by atoms with Gasteiger partial charge in [0.25, 0.3) is 0 Å². The molecule has 3 rings (SSSR count). The average Bonchev–Trinajstić information content (AvgIpc) is 2.85. The minimum absolute atomic E-state index is 0.254. The Labute approximate surface area is 121 Å². The van der Waals surface area contributed by atoms with E-state index in [1.807, 2.05) is 13.0 Å². The van der Waals surface area contributed by atoms with Gasteiger partial charge in [-0.3, -0.25) is 0 Å². The number of fused-ring (bicyclic) bond motifs is 1. The number of H-pyrrole nitrogens is 1. The molecule has 108 valence electrons. The first-order valence-corrected chi connectivity index (χ1v) is 6.88. The van der Waals surface area contributed by atoms with Crippen molar-refractivity contribution in [3.05, 3.63) is 47.8 Å².